The Morgan fingerprint density at radius 1 is 0.773 bits per heavy atom. The fourth-order valence-corrected chi connectivity index (χ4v) is 1.96. The summed E-state index contributed by atoms with van der Waals surface area (Å²) in [5.74, 6) is -0.563. The van der Waals surface area contributed by atoms with Gasteiger partial charge in [0.15, 0.2) is 23.1 Å². The van der Waals surface area contributed by atoms with E-state index in [0.29, 0.717) is 23.3 Å². The second kappa shape index (κ2) is 9.49. The average Bonchev–Trinajstić information content (AvgIpc) is 2.48. The molecule has 0 unspecified atom stereocenters. The molecular weight excluding hydrogens is 333 g/mol. The van der Waals surface area contributed by atoms with Crippen LogP contribution in [0, 0.1) is 11.6 Å². The van der Waals surface area contributed by atoms with Gasteiger partial charge in [-0.2, -0.15) is 0 Å². The molecule has 0 aromatic heterocycles. The van der Waals surface area contributed by atoms with Crippen LogP contribution in [0.15, 0.2) is 36.4 Å². The van der Waals surface area contributed by atoms with Crippen molar-refractivity contribution in [1.82, 2.24) is 0 Å². The van der Waals surface area contributed by atoms with Gasteiger partial charge in [-0.25, -0.2) is 8.78 Å². The number of ether oxygens (including phenoxy) is 2. The molecule has 0 aliphatic carbocycles. The highest BCUT2D eigenvalue weighted by Crippen LogP contribution is 2.27. The van der Waals surface area contributed by atoms with Crippen LogP contribution in [-0.4, -0.2) is 13.2 Å². The smallest absolute Gasteiger partial charge is 0.173 e. The fraction of sp³-hybridized carbons (Fsp3) is 0.250. The van der Waals surface area contributed by atoms with Crippen molar-refractivity contribution in [2.45, 2.75) is 13.8 Å². The Kier molecular flexibility index (Phi) is 7.99. The lowest BCUT2D eigenvalue weighted by Gasteiger charge is -2.04. The largest absolute Gasteiger partial charge is 0.489 e. The SMILES string of the molecule is CCOc1c(F)cccc1Cl.CCOc1c(F)cccc1Cl. The van der Waals surface area contributed by atoms with Gasteiger partial charge >= 0.3 is 0 Å². The summed E-state index contributed by atoms with van der Waals surface area (Å²) in [5, 5.41) is 0.624. The molecule has 0 saturated heterocycles. The van der Waals surface area contributed by atoms with Gasteiger partial charge in [-0.3, -0.25) is 0 Å². The van der Waals surface area contributed by atoms with Crippen LogP contribution >= 0.6 is 23.2 Å². The predicted molar refractivity (Wildman–Crippen MR) is 85.2 cm³/mol. The molecule has 0 spiro atoms. The van der Waals surface area contributed by atoms with Crippen LogP contribution in [0.3, 0.4) is 0 Å². The molecule has 120 valence electrons. The standard InChI is InChI=1S/2C8H8ClFO/c2*1-2-11-8-6(9)4-3-5-7(8)10/h2*3-5H,2H2,1H3. The third-order valence-corrected chi connectivity index (χ3v) is 3.01. The molecule has 6 heteroatoms. The molecule has 2 rings (SSSR count). The van der Waals surface area contributed by atoms with Crippen LogP contribution in [0.5, 0.6) is 11.5 Å². The molecule has 0 fully saturated rings. The number of benzene rings is 2. The van der Waals surface area contributed by atoms with Crippen LogP contribution in [0.4, 0.5) is 8.78 Å². The van der Waals surface area contributed by atoms with E-state index in [1.807, 2.05) is 0 Å². The third-order valence-electron chi connectivity index (χ3n) is 2.42. The zero-order valence-corrected chi connectivity index (χ0v) is 13.7. The van der Waals surface area contributed by atoms with Crippen LogP contribution in [0.2, 0.25) is 10.0 Å². The van der Waals surface area contributed by atoms with Gasteiger partial charge < -0.3 is 9.47 Å². The van der Waals surface area contributed by atoms with E-state index in [-0.39, 0.29) is 11.5 Å². The second-order valence-corrected chi connectivity index (χ2v) is 4.78. The summed E-state index contributed by atoms with van der Waals surface area (Å²) in [6, 6.07) is 8.90. The summed E-state index contributed by atoms with van der Waals surface area (Å²) in [7, 11) is 0. The zero-order chi connectivity index (χ0) is 16.5. The van der Waals surface area contributed by atoms with Crippen molar-refractivity contribution in [3.63, 3.8) is 0 Å². The molecule has 2 aromatic rings. The Bertz CT molecular complexity index is 513. The number of hydrogen-bond donors (Lipinski definition) is 0. The molecule has 0 bridgehead atoms. The second-order valence-electron chi connectivity index (χ2n) is 3.97. The number of para-hydroxylation sites is 2. The van der Waals surface area contributed by atoms with Gasteiger partial charge in [0.05, 0.1) is 23.3 Å². The molecular formula is C16H16Cl2F2O2. The first kappa shape index (κ1) is 18.5. The summed E-state index contributed by atoms with van der Waals surface area (Å²) in [6.45, 7) is 4.40. The first-order chi connectivity index (χ1) is 10.5. The van der Waals surface area contributed by atoms with Gasteiger partial charge in [-0.15, -0.1) is 0 Å². The van der Waals surface area contributed by atoms with E-state index < -0.39 is 11.6 Å². The van der Waals surface area contributed by atoms with Crippen molar-refractivity contribution < 1.29 is 18.3 Å². The van der Waals surface area contributed by atoms with E-state index in [1.165, 1.54) is 12.1 Å². The van der Waals surface area contributed by atoms with E-state index in [1.54, 1.807) is 38.1 Å². The maximum Gasteiger partial charge on any atom is 0.173 e. The normalized spacial score (nSPS) is 9.73. The molecule has 0 amide bonds. The van der Waals surface area contributed by atoms with E-state index in [2.05, 4.69) is 0 Å². The van der Waals surface area contributed by atoms with Gasteiger partial charge in [-0.05, 0) is 38.1 Å². The molecule has 0 saturated carbocycles. The van der Waals surface area contributed by atoms with E-state index in [4.69, 9.17) is 32.7 Å². The van der Waals surface area contributed by atoms with Crippen molar-refractivity contribution in [2.24, 2.45) is 0 Å². The lowest BCUT2D eigenvalue weighted by atomic mass is 10.3. The van der Waals surface area contributed by atoms with Crippen molar-refractivity contribution in [1.29, 1.82) is 0 Å². The summed E-state index contributed by atoms with van der Waals surface area (Å²) in [6.07, 6.45) is 0. The minimum Gasteiger partial charge on any atom is -0.489 e. The van der Waals surface area contributed by atoms with Crippen molar-refractivity contribution in [3.8, 4) is 11.5 Å². The first-order valence-corrected chi connectivity index (χ1v) is 7.40. The molecule has 0 atom stereocenters. The number of hydrogen-bond acceptors (Lipinski definition) is 2. The predicted octanol–water partition coefficient (Wildman–Crippen LogP) is 5.76. The number of halogens is 4. The number of rotatable bonds is 4. The summed E-state index contributed by atoms with van der Waals surface area (Å²) in [4.78, 5) is 0. The molecule has 22 heavy (non-hydrogen) atoms. The van der Waals surface area contributed by atoms with E-state index >= 15 is 0 Å². The van der Waals surface area contributed by atoms with Crippen LogP contribution in [0.1, 0.15) is 13.8 Å². The molecule has 0 aliphatic rings. The minimum atomic E-state index is -0.417. The van der Waals surface area contributed by atoms with Crippen molar-refractivity contribution in [3.05, 3.63) is 58.1 Å². The van der Waals surface area contributed by atoms with E-state index in [9.17, 15) is 8.78 Å². The maximum absolute atomic E-state index is 12.8. The Labute approximate surface area is 138 Å². The molecule has 0 radical (unpaired) electrons. The zero-order valence-electron chi connectivity index (χ0n) is 12.2. The Morgan fingerprint density at radius 3 is 1.41 bits per heavy atom. The average molecular weight is 349 g/mol. The fourth-order valence-electron chi connectivity index (χ4n) is 1.53. The van der Waals surface area contributed by atoms with Gasteiger partial charge in [0.1, 0.15) is 0 Å². The van der Waals surface area contributed by atoms with Gasteiger partial charge in [0.25, 0.3) is 0 Å². The van der Waals surface area contributed by atoms with Crippen LogP contribution in [0.25, 0.3) is 0 Å². The maximum atomic E-state index is 12.8. The van der Waals surface area contributed by atoms with Crippen molar-refractivity contribution >= 4 is 23.2 Å². The molecule has 0 N–H and O–H groups in total. The highest BCUT2D eigenvalue weighted by Gasteiger charge is 2.06. The van der Waals surface area contributed by atoms with Gasteiger partial charge in [-0.1, -0.05) is 35.3 Å². The minimum absolute atomic E-state index is 0.136. The Balaban J connectivity index is 0.000000220. The van der Waals surface area contributed by atoms with Gasteiger partial charge in [0.2, 0.25) is 0 Å². The van der Waals surface area contributed by atoms with E-state index in [0.717, 1.165) is 0 Å². The van der Waals surface area contributed by atoms with Crippen molar-refractivity contribution in [2.75, 3.05) is 13.2 Å². The summed E-state index contributed by atoms with van der Waals surface area (Å²) in [5.41, 5.74) is 0. The lowest BCUT2D eigenvalue weighted by molar-refractivity contribution is 0.321. The topological polar surface area (TPSA) is 18.5 Å². The quantitative estimate of drug-likeness (QED) is 0.699. The summed E-state index contributed by atoms with van der Waals surface area (Å²) < 4.78 is 35.6. The van der Waals surface area contributed by atoms with Crippen LogP contribution < -0.4 is 9.47 Å². The highest BCUT2D eigenvalue weighted by atomic mass is 35.5. The highest BCUT2D eigenvalue weighted by molar-refractivity contribution is 6.32. The molecule has 0 heterocycles. The Morgan fingerprint density at radius 2 is 1.14 bits per heavy atom. The molecule has 0 aliphatic heterocycles. The monoisotopic (exact) mass is 348 g/mol. The van der Waals surface area contributed by atoms with Gasteiger partial charge in [0, 0.05) is 0 Å². The molecule has 2 aromatic carbocycles. The Hall–Kier alpha value is -1.52. The summed E-state index contributed by atoms with van der Waals surface area (Å²) >= 11 is 11.3. The third kappa shape index (κ3) is 5.35. The molecule has 2 nitrogen and oxygen atoms in total. The van der Waals surface area contributed by atoms with Crippen LogP contribution in [-0.2, 0) is 0 Å². The lowest BCUT2D eigenvalue weighted by Crippen LogP contribution is -1.94. The first-order valence-electron chi connectivity index (χ1n) is 6.64.